The van der Waals surface area contributed by atoms with Crippen LogP contribution in [0.1, 0.15) is 32.3 Å². The zero-order valence-electron chi connectivity index (χ0n) is 10.4. The maximum absolute atomic E-state index is 13.8. The fraction of sp³-hybridized carbons (Fsp3) is 0.571. The van der Waals surface area contributed by atoms with E-state index in [0.29, 0.717) is 5.41 Å². The number of anilines is 1. The lowest BCUT2D eigenvalue weighted by Gasteiger charge is -2.38. The summed E-state index contributed by atoms with van der Waals surface area (Å²) in [6, 6.07) is 5.51. The van der Waals surface area contributed by atoms with Gasteiger partial charge in [0.15, 0.2) is 0 Å². The number of nitrogens with zero attached hydrogens (tertiary/aromatic N) is 1. The van der Waals surface area contributed by atoms with Gasteiger partial charge in [0.1, 0.15) is 5.82 Å². The zero-order chi connectivity index (χ0) is 11.8. The summed E-state index contributed by atoms with van der Waals surface area (Å²) in [7, 11) is 0. The van der Waals surface area contributed by atoms with Crippen LogP contribution in [-0.2, 0) is 0 Å². The molecule has 0 amide bonds. The van der Waals surface area contributed by atoms with Gasteiger partial charge in [-0.2, -0.15) is 0 Å². The minimum Gasteiger partial charge on any atom is -0.369 e. The second-order valence-electron chi connectivity index (χ2n) is 5.61. The number of hydrogen-bond acceptors (Lipinski definition) is 1. The van der Waals surface area contributed by atoms with Crippen LogP contribution in [0, 0.1) is 18.2 Å². The van der Waals surface area contributed by atoms with Crippen molar-refractivity contribution in [2.45, 2.75) is 33.6 Å². The third-order valence-electron chi connectivity index (χ3n) is 3.56. The van der Waals surface area contributed by atoms with Gasteiger partial charge >= 0.3 is 0 Å². The van der Waals surface area contributed by atoms with Crippen LogP contribution in [0.4, 0.5) is 10.1 Å². The molecule has 0 spiro atoms. The van der Waals surface area contributed by atoms with Crippen LogP contribution in [0.5, 0.6) is 0 Å². The van der Waals surface area contributed by atoms with E-state index in [4.69, 9.17) is 0 Å². The highest BCUT2D eigenvalue weighted by Crippen LogP contribution is 2.33. The summed E-state index contributed by atoms with van der Waals surface area (Å²) in [4.78, 5) is 2.17. The van der Waals surface area contributed by atoms with Crippen LogP contribution in [-0.4, -0.2) is 13.1 Å². The molecule has 1 aliphatic rings. The molecule has 0 N–H and O–H groups in total. The predicted octanol–water partition coefficient (Wildman–Crippen LogP) is 3.76. The number of piperidine rings is 1. The Bertz CT molecular complexity index is 374. The normalized spacial score (nSPS) is 19.9. The van der Waals surface area contributed by atoms with Crippen molar-refractivity contribution in [2.24, 2.45) is 5.41 Å². The molecule has 1 aromatic rings. The fourth-order valence-electron chi connectivity index (χ4n) is 2.22. The Kier molecular flexibility index (Phi) is 2.92. The van der Waals surface area contributed by atoms with Crippen LogP contribution in [0.15, 0.2) is 18.2 Å². The molecule has 1 heterocycles. The van der Waals surface area contributed by atoms with Gasteiger partial charge in [-0.15, -0.1) is 0 Å². The van der Waals surface area contributed by atoms with E-state index < -0.39 is 0 Å². The highest BCUT2D eigenvalue weighted by Gasteiger charge is 2.26. The van der Waals surface area contributed by atoms with E-state index in [1.165, 1.54) is 0 Å². The summed E-state index contributed by atoms with van der Waals surface area (Å²) < 4.78 is 13.8. The molecule has 1 aromatic carbocycles. The third-order valence-corrected chi connectivity index (χ3v) is 3.56. The van der Waals surface area contributed by atoms with E-state index in [2.05, 4.69) is 18.7 Å². The molecular formula is C14H20FN. The highest BCUT2D eigenvalue weighted by atomic mass is 19.1. The molecule has 1 nitrogen and oxygen atoms in total. The minimum atomic E-state index is -0.0836. The van der Waals surface area contributed by atoms with Crippen LogP contribution in [0.25, 0.3) is 0 Å². The number of aryl methyl sites for hydroxylation is 1. The third kappa shape index (κ3) is 2.37. The van der Waals surface area contributed by atoms with Crippen molar-refractivity contribution in [3.05, 3.63) is 29.6 Å². The lowest BCUT2D eigenvalue weighted by atomic mass is 9.82. The van der Waals surface area contributed by atoms with E-state index in [-0.39, 0.29) is 5.82 Å². The van der Waals surface area contributed by atoms with Crippen molar-refractivity contribution in [2.75, 3.05) is 18.0 Å². The molecule has 0 bridgehead atoms. The molecule has 2 rings (SSSR count). The largest absolute Gasteiger partial charge is 0.369 e. The zero-order valence-corrected chi connectivity index (χ0v) is 10.4. The van der Waals surface area contributed by atoms with Gasteiger partial charge in [0.25, 0.3) is 0 Å². The predicted molar refractivity (Wildman–Crippen MR) is 66.4 cm³/mol. The van der Waals surface area contributed by atoms with E-state index in [9.17, 15) is 4.39 Å². The van der Waals surface area contributed by atoms with Gasteiger partial charge in [-0.25, -0.2) is 4.39 Å². The molecule has 1 aliphatic heterocycles. The van der Waals surface area contributed by atoms with Gasteiger partial charge in [0.2, 0.25) is 0 Å². The van der Waals surface area contributed by atoms with Crippen LogP contribution < -0.4 is 4.90 Å². The van der Waals surface area contributed by atoms with Gasteiger partial charge in [-0.3, -0.25) is 0 Å². The number of rotatable bonds is 1. The SMILES string of the molecule is Cc1ccc(N2CCC(C)(C)CC2)c(F)c1. The Labute approximate surface area is 97.3 Å². The molecule has 16 heavy (non-hydrogen) atoms. The summed E-state index contributed by atoms with van der Waals surface area (Å²) in [6.45, 7) is 8.43. The Morgan fingerprint density at radius 3 is 2.38 bits per heavy atom. The minimum absolute atomic E-state index is 0.0836. The quantitative estimate of drug-likeness (QED) is 0.698. The van der Waals surface area contributed by atoms with Gasteiger partial charge < -0.3 is 4.90 Å². The monoisotopic (exact) mass is 221 g/mol. The van der Waals surface area contributed by atoms with Crippen molar-refractivity contribution < 1.29 is 4.39 Å². The van der Waals surface area contributed by atoms with Crippen molar-refractivity contribution in [1.29, 1.82) is 0 Å². The van der Waals surface area contributed by atoms with Crippen molar-refractivity contribution in [3.63, 3.8) is 0 Å². The lowest BCUT2D eigenvalue weighted by Crippen LogP contribution is -2.37. The maximum atomic E-state index is 13.8. The maximum Gasteiger partial charge on any atom is 0.146 e. The first kappa shape index (κ1) is 11.4. The molecule has 88 valence electrons. The summed E-state index contributed by atoms with van der Waals surface area (Å²) in [5.41, 5.74) is 2.16. The number of hydrogen-bond donors (Lipinski definition) is 0. The average molecular weight is 221 g/mol. The Hall–Kier alpha value is -1.05. The average Bonchev–Trinajstić information content (AvgIpc) is 2.19. The summed E-state index contributed by atoms with van der Waals surface area (Å²) >= 11 is 0. The Morgan fingerprint density at radius 1 is 1.19 bits per heavy atom. The molecule has 1 saturated heterocycles. The summed E-state index contributed by atoms with van der Waals surface area (Å²) in [5, 5.41) is 0. The van der Waals surface area contributed by atoms with Crippen LogP contribution >= 0.6 is 0 Å². The standard InChI is InChI=1S/C14H20FN/c1-11-4-5-13(12(15)10-11)16-8-6-14(2,3)7-9-16/h4-5,10H,6-9H2,1-3H3. The molecule has 0 unspecified atom stereocenters. The number of benzene rings is 1. The molecule has 1 fully saturated rings. The molecular weight excluding hydrogens is 201 g/mol. The molecule has 0 aliphatic carbocycles. The first-order chi connectivity index (χ1) is 7.48. The first-order valence-corrected chi connectivity index (χ1v) is 5.99. The first-order valence-electron chi connectivity index (χ1n) is 5.99. The molecule has 0 radical (unpaired) electrons. The fourth-order valence-corrected chi connectivity index (χ4v) is 2.22. The smallest absolute Gasteiger partial charge is 0.146 e. The van der Waals surface area contributed by atoms with E-state index in [1.807, 2.05) is 19.1 Å². The topological polar surface area (TPSA) is 3.24 Å². The lowest BCUT2D eigenvalue weighted by molar-refractivity contribution is 0.279. The highest BCUT2D eigenvalue weighted by molar-refractivity contribution is 5.49. The molecule has 0 saturated carbocycles. The van der Waals surface area contributed by atoms with Gasteiger partial charge in [-0.1, -0.05) is 19.9 Å². The Morgan fingerprint density at radius 2 is 1.81 bits per heavy atom. The van der Waals surface area contributed by atoms with Crippen molar-refractivity contribution in [1.82, 2.24) is 0 Å². The van der Waals surface area contributed by atoms with Gasteiger partial charge in [-0.05, 0) is 42.9 Å². The second kappa shape index (κ2) is 4.08. The van der Waals surface area contributed by atoms with E-state index >= 15 is 0 Å². The van der Waals surface area contributed by atoms with Crippen LogP contribution in [0.2, 0.25) is 0 Å². The summed E-state index contributed by atoms with van der Waals surface area (Å²) in [5.74, 6) is -0.0836. The van der Waals surface area contributed by atoms with Crippen molar-refractivity contribution in [3.8, 4) is 0 Å². The van der Waals surface area contributed by atoms with Crippen LogP contribution in [0.3, 0.4) is 0 Å². The molecule has 0 atom stereocenters. The van der Waals surface area contributed by atoms with Gasteiger partial charge in [0, 0.05) is 13.1 Å². The van der Waals surface area contributed by atoms with Crippen molar-refractivity contribution >= 4 is 5.69 Å². The van der Waals surface area contributed by atoms with Gasteiger partial charge in [0.05, 0.1) is 5.69 Å². The molecule has 0 aromatic heterocycles. The second-order valence-corrected chi connectivity index (χ2v) is 5.61. The Balaban J connectivity index is 2.14. The van der Waals surface area contributed by atoms with E-state index in [0.717, 1.165) is 37.2 Å². The summed E-state index contributed by atoms with van der Waals surface area (Å²) in [6.07, 6.45) is 2.28. The number of halogens is 1. The molecule has 2 heteroatoms. The van der Waals surface area contributed by atoms with E-state index in [1.54, 1.807) is 6.07 Å².